The lowest BCUT2D eigenvalue weighted by atomic mass is 9.59. The van der Waals surface area contributed by atoms with Gasteiger partial charge in [-0.05, 0) is 48.2 Å². The maximum absolute atomic E-state index is 12.8. The standard InChI is InChI=1S/C25H20N2O3/c1-30-19-13-11-18(12-14-19)25(17-7-3-2-4-8-17)16-15-22(25)26-27-23(28)20-9-5-6-10-21(20)24(27)29/h2-14H,15-16H2,1H3/b26-22-. The van der Waals surface area contributed by atoms with Gasteiger partial charge < -0.3 is 4.74 Å². The van der Waals surface area contributed by atoms with Crippen LogP contribution in [0.5, 0.6) is 5.75 Å². The highest BCUT2D eigenvalue weighted by atomic mass is 16.5. The molecule has 3 aromatic carbocycles. The number of carbonyl (C=O) groups excluding carboxylic acids is 2. The topological polar surface area (TPSA) is 59.0 Å². The Hall–Kier alpha value is -3.73. The fourth-order valence-electron chi connectivity index (χ4n) is 4.40. The van der Waals surface area contributed by atoms with Crippen LogP contribution in [0.4, 0.5) is 0 Å². The Kier molecular flexibility index (Phi) is 4.24. The number of benzene rings is 3. The second kappa shape index (κ2) is 6.95. The molecule has 0 radical (unpaired) electrons. The van der Waals surface area contributed by atoms with E-state index in [0.29, 0.717) is 17.5 Å². The molecule has 148 valence electrons. The fraction of sp³-hybridized carbons (Fsp3) is 0.160. The number of hydrogen-bond donors (Lipinski definition) is 0. The number of carbonyl (C=O) groups is 2. The largest absolute Gasteiger partial charge is 0.497 e. The molecule has 2 aliphatic rings. The Morgan fingerprint density at radius 1 is 0.800 bits per heavy atom. The molecule has 0 N–H and O–H groups in total. The lowest BCUT2D eigenvalue weighted by Crippen LogP contribution is -2.47. The van der Waals surface area contributed by atoms with E-state index in [4.69, 9.17) is 4.74 Å². The third-order valence-electron chi connectivity index (χ3n) is 6.07. The first-order valence-electron chi connectivity index (χ1n) is 9.91. The zero-order valence-corrected chi connectivity index (χ0v) is 16.5. The molecular formula is C25H20N2O3. The molecule has 1 fully saturated rings. The van der Waals surface area contributed by atoms with E-state index in [0.717, 1.165) is 34.0 Å². The quantitative estimate of drug-likeness (QED) is 0.613. The van der Waals surface area contributed by atoms with Crippen LogP contribution in [0.15, 0.2) is 84.0 Å². The summed E-state index contributed by atoms with van der Waals surface area (Å²) in [4.78, 5) is 25.7. The number of imide groups is 1. The number of methoxy groups -OCH3 is 1. The Morgan fingerprint density at radius 2 is 1.37 bits per heavy atom. The van der Waals surface area contributed by atoms with Gasteiger partial charge in [0.05, 0.1) is 29.4 Å². The van der Waals surface area contributed by atoms with Crippen molar-refractivity contribution in [1.29, 1.82) is 0 Å². The number of amides is 2. The van der Waals surface area contributed by atoms with Crippen molar-refractivity contribution >= 4 is 17.5 Å². The molecule has 1 aliphatic heterocycles. The molecule has 5 heteroatoms. The summed E-state index contributed by atoms with van der Waals surface area (Å²) in [6.45, 7) is 0. The Labute approximate surface area is 174 Å². The molecule has 1 atom stereocenters. The predicted molar refractivity (Wildman–Crippen MR) is 114 cm³/mol. The van der Waals surface area contributed by atoms with Crippen molar-refractivity contribution in [3.8, 4) is 5.75 Å². The van der Waals surface area contributed by atoms with Gasteiger partial charge in [-0.3, -0.25) is 9.59 Å². The van der Waals surface area contributed by atoms with Crippen molar-refractivity contribution < 1.29 is 14.3 Å². The van der Waals surface area contributed by atoms with Gasteiger partial charge in [0.15, 0.2) is 0 Å². The van der Waals surface area contributed by atoms with Gasteiger partial charge in [-0.15, -0.1) is 0 Å². The molecule has 30 heavy (non-hydrogen) atoms. The predicted octanol–water partition coefficient (Wildman–Crippen LogP) is 4.43. The number of ether oxygens (including phenoxy) is 1. The van der Waals surface area contributed by atoms with Gasteiger partial charge in [0.2, 0.25) is 0 Å². The average Bonchev–Trinajstić information content (AvgIpc) is 3.03. The van der Waals surface area contributed by atoms with Gasteiger partial charge in [-0.25, -0.2) is 0 Å². The number of hydrazone groups is 1. The van der Waals surface area contributed by atoms with Crippen LogP contribution in [0.25, 0.3) is 0 Å². The zero-order chi connectivity index (χ0) is 20.7. The minimum absolute atomic E-state index is 0.369. The van der Waals surface area contributed by atoms with Crippen LogP contribution in [0.2, 0.25) is 0 Å². The van der Waals surface area contributed by atoms with Crippen molar-refractivity contribution in [2.75, 3.05) is 7.11 Å². The minimum Gasteiger partial charge on any atom is -0.497 e. The number of hydrogen-bond acceptors (Lipinski definition) is 4. The first-order chi connectivity index (χ1) is 14.6. The summed E-state index contributed by atoms with van der Waals surface area (Å²) >= 11 is 0. The number of nitrogens with zero attached hydrogens (tertiary/aromatic N) is 2. The van der Waals surface area contributed by atoms with Crippen LogP contribution in [0.1, 0.15) is 44.7 Å². The average molecular weight is 396 g/mol. The zero-order valence-electron chi connectivity index (χ0n) is 16.5. The van der Waals surface area contributed by atoms with Gasteiger partial charge in [0.1, 0.15) is 5.75 Å². The van der Waals surface area contributed by atoms with Crippen molar-refractivity contribution in [1.82, 2.24) is 5.01 Å². The Bertz CT molecular complexity index is 1130. The summed E-state index contributed by atoms with van der Waals surface area (Å²) in [5, 5.41) is 5.65. The first-order valence-corrected chi connectivity index (χ1v) is 9.91. The van der Waals surface area contributed by atoms with Crippen LogP contribution in [0, 0.1) is 0 Å². The fourth-order valence-corrected chi connectivity index (χ4v) is 4.40. The Balaban J connectivity index is 1.61. The molecule has 0 saturated heterocycles. The highest BCUT2D eigenvalue weighted by Crippen LogP contribution is 2.47. The van der Waals surface area contributed by atoms with Gasteiger partial charge in [-0.1, -0.05) is 54.6 Å². The van der Waals surface area contributed by atoms with Crippen LogP contribution in [-0.2, 0) is 5.41 Å². The molecule has 5 nitrogen and oxygen atoms in total. The van der Waals surface area contributed by atoms with Crippen molar-refractivity contribution in [2.45, 2.75) is 18.3 Å². The summed E-state index contributed by atoms with van der Waals surface area (Å²) in [5.41, 5.74) is 3.31. The smallest absolute Gasteiger partial charge is 0.282 e. The maximum atomic E-state index is 12.8. The molecule has 2 amide bonds. The van der Waals surface area contributed by atoms with Crippen LogP contribution < -0.4 is 4.74 Å². The summed E-state index contributed by atoms with van der Waals surface area (Å²) in [6.07, 6.45) is 1.57. The lowest BCUT2D eigenvalue weighted by molar-refractivity contribution is 0.0656. The SMILES string of the molecule is COc1ccc(C2(c3ccccc3)CC/C2=N/N2C(=O)c3ccccc3C2=O)cc1. The second-order valence-corrected chi connectivity index (χ2v) is 7.51. The lowest BCUT2D eigenvalue weighted by Gasteiger charge is -2.44. The monoisotopic (exact) mass is 396 g/mol. The summed E-state index contributed by atoms with van der Waals surface area (Å²) in [7, 11) is 1.64. The normalized spacial score (nSPS) is 21.5. The summed E-state index contributed by atoms with van der Waals surface area (Å²) in [5.74, 6) is 0.0403. The minimum atomic E-state index is -0.469. The summed E-state index contributed by atoms with van der Waals surface area (Å²) in [6, 6.07) is 24.9. The van der Waals surface area contributed by atoms with Crippen LogP contribution >= 0.6 is 0 Å². The van der Waals surface area contributed by atoms with Gasteiger partial charge in [0, 0.05) is 0 Å². The highest BCUT2D eigenvalue weighted by Gasteiger charge is 2.48. The number of rotatable bonds is 4. The molecule has 3 aromatic rings. The van der Waals surface area contributed by atoms with Crippen LogP contribution in [-0.4, -0.2) is 29.6 Å². The van der Waals surface area contributed by atoms with E-state index in [2.05, 4.69) is 17.2 Å². The van der Waals surface area contributed by atoms with Crippen molar-refractivity contribution in [3.63, 3.8) is 0 Å². The number of fused-ring (bicyclic) bond motifs is 1. The second-order valence-electron chi connectivity index (χ2n) is 7.51. The van der Waals surface area contributed by atoms with Crippen molar-refractivity contribution in [3.05, 3.63) is 101 Å². The highest BCUT2D eigenvalue weighted by molar-refractivity contribution is 6.22. The third kappa shape index (κ3) is 2.59. The molecule has 0 spiro atoms. The van der Waals surface area contributed by atoms with Gasteiger partial charge in [-0.2, -0.15) is 10.1 Å². The molecule has 0 aromatic heterocycles. The van der Waals surface area contributed by atoms with E-state index in [-0.39, 0.29) is 11.8 Å². The molecular weight excluding hydrogens is 376 g/mol. The summed E-state index contributed by atoms with van der Waals surface area (Å²) < 4.78 is 5.31. The van der Waals surface area contributed by atoms with Crippen molar-refractivity contribution in [2.24, 2.45) is 5.10 Å². The van der Waals surface area contributed by atoms with Crippen LogP contribution in [0.3, 0.4) is 0 Å². The van der Waals surface area contributed by atoms with Gasteiger partial charge in [0.25, 0.3) is 11.8 Å². The van der Waals surface area contributed by atoms with E-state index in [1.54, 1.807) is 31.4 Å². The van der Waals surface area contributed by atoms with E-state index in [9.17, 15) is 9.59 Å². The van der Waals surface area contributed by atoms with Gasteiger partial charge >= 0.3 is 0 Å². The first kappa shape index (κ1) is 18.3. The Morgan fingerprint density at radius 3 is 1.90 bits per heavy atom. The molecule has 1 aliphatic carbocycles. The molecule has 5 rings (SSSR count). The molecule has 1 saturated carbocycles. The molecule has 1 heterocycles. The molecule has 0 bridgehead atoms. The van der Waals surface area contributed by atoms with E-state index >= 15 is 0 Å². The van der Waals surface area contributed by atoms with E-state index < -0.39 is 5.41 Å². The molecule has 1 unspecified atom stereocenters. The van der Waals surface area contributed by atoms with E-state index in [1.165, 1.54) is 0 Å². The third-order valence-corrected chi connectivity index (χ3v) is 6.07. The maximum Gasteiger partial charge on any atom is 0.282 e. The van der Waals surface area contributed by atoms with E-state index in [1.807, 2.05) is 42.5 Å².